The fraction of sp³-hybridized carbons (Fsp3) is 0.474. The number of hydrazone groups is 1. The lowest BCUT2D eigenvalue weighted by Crippen LogP contribution is -2.59. The van der Waals surface area contributed by atoms with E-state index in [1.165, 1.54) is 17.1 Å². The SMILES string of the molecule is Cc1nnc(N2C[C@H]3C[C@@H](C2)C3C(=O)N2N=CC[C@H]2c2cc(F)cc(F)c2)o1. The zero-order chi connectivity index (χ0) is 19.4. The lowest BCUT2D eigenvalue weighted by molar-refractivity contribution is -0.148. The summed E-state index contributed by atoms with van der Waals surface area (Å²) in [6.07, 6.45) is 3.05. The first-order valence-corrected chi connectivity index (χ1v) is 9.36. The van der Waals surface area contributed by atoms with Crippen molar-refractivity contribution in [3.05, 3.63) is 41.3 Å². The lowest BCUT2D eigenvalue weighted by atomic mass is 9.61. The van der Waals surface area contributed by atoms with Crippen LogP contribution < -0.4 is 4.90 Å². The van der Waals surface area contributed by atoms with Crippen LogP contribution >= 0.6 is 0 Å². The minimum absolute atomic E-state index is 0.0778. The van der Waals surface area contributed by atoms with Gasteiger partial charge >= 0.3 is 6.01 Å². The highest BCUT2D eigenvalue weighted by atomic mass is 19.1. The Balaban J connectivity index is 1.32. The summed E-state index contributed by atoms with van der Waals surface area (Å²) in [5.41, 5.74) is 0.427. The summed E-state index contributed by atoms with van der Waals surface area (Å²) in [6, 6.07) is 3.39. The molecule has 0 radical (unpaired) electrons. The number of carbonyl (C=O) groups excluding carboxylic acids is 1. The number of hydrogen-bond acceptors (Lipinski definition) is 6. The average molecular weight is 387 g/mol. The van der Waals surface area contributed by atoms with Gasteiger partial charge in [0.15, 0.2) is 0 Å². The summed E-state index contributed by atoms with van der Waals surface area (Å²) in [5, 5.41) is 13.6. The van der Waals surface area contributed by atoms with E-state index in [4.69, 9.17) is 4.42 Å². The molecule has 1 aliphatic carbocycles. The van der Waals surface area contributed by atoms with E-state index in [1.807, 2.05) is 4.90 Å². The van der Waals surface area contributed by atoms with Crippen molar-refractivity contribution in [2.45, 2.75) is 25.8 Å². The summed E-state index contributed by atoms with van der Waals surface area (Å²) in [4.78, 5) is 15.2. The molecule has 0 spiro atoms. The summed E-state index contributed by atoms with van der Waals surface area (Å²) >= 11 is 0. The maximum Gasteiger partial charge on any atom is 0.318 e. The van der Waals surface area contributed by atoms with Crippen molar-refractivity contribution in [2.75, 3.05) is 18.0 Å². The van der Waals surface area contributed by atoms with Gasteiger partial charge in [0.25, 0.3) is 0 Å². The highest BCUT2D eigenvalue weighted by Gasteiger charge is 2.53. The number of hydrogen-bond donors (Lipinski definition) is 0. The Morgan fingerprint density at radius 3 is 2.50 bits per heavy atom. The van der Waals surface area contributed by atoms with E-state index >= 15 is 0 Å². The number of benzene rings is 1. The minimum atomic E-state index is -0.652. The molecule has 2 saturated heterocycles. The number of anilines is 1. The predicted octanol–water partition coefficient (Wildman–Crippen LogP) is 2.69. The molecular formula is C19H19F2N5O2. The second-order valence-electron chi connectivity index (χ2n) is 7.73. The van der Waals surface area contributed by atoms with Gasteiger partial charge in [-0.15, -0.1) is 5.10 Å². The van der Waals surface area contributed by atoms with Crippen LogP contribution in [0.3, 0.4) is 0 Å². The number of amides is 1. The Bertz CT molecular complexity index is 929. The molecule has 3 aliphatic heterocycles. The Morgan fingerprint density at radius 1 is 1.14 bits per heavy atom. The topological polar surface area (TPSA) is 74.8 Å². The number of aromatic nitrogens is 2. The lowest BCUT2D eigenvalue weighted by Gasteiger charge is -2.52. The molecule has 28 heavy (non-hydrogen) atoms. The molecule has 9 heteroatoms. The van der Waals surface area contributed by atoms with Gasteiger partial charge < -0.3 is 9.32 Å². The van der Waals surface area contributed by atoms with Crippen LogP contribution in [0.1, 0.15) is 30.3 Å². The van der Waals surface area contributed by atoms with Crippen molar-refractivity contribution in [3.63, 3.8) is 0 Å². The van der Waals surface area contributed by atoms with Gasteiger partial charge in [-0.1, -0.05) is 5.10 Å². The van der Waals surface area contributed by atoms with Crippen LogP contribution in [0.15, 0.2) is 27.7 Å². The second-order valence-corrected chi connectivity index (χ2v) is 7.73. The first-order chi connectivity index (χ1) is 13.5. The number of rotatable bonds is 3. The molecule has 1 unspecified atom stereocenters. The van der Waals surface area contributed by atoms with Gasteiger partial charge in [-0.3, -0.25) is 4.79 Å². The summed E-state index contributed by atoms with van der Waals surface area (Å²) < 4.78 is 32.8. The highest BCUT2D eigenvalue weighted by Crippen LogP contribution is 2.48. The van der Waals surface area contributed by atoms with E-state index in [0.29, 0.717) is 37.0 Å². The van der Waals surface area contributed by atoms with Gasteiger partial charge in [0, 0.05) is 44.6 Å². The fourth-order valence-corrected chi connectivity index (χ4v) is 4.68. The third-order valence-electron chi connectivity index (χ3n) is 5.93. The van der Waals surface area contributed by atoms with Crippen LogP contribution in [0.4, 0.5) is 14.8 Å². The van der Waals surface area contributed by atoms with Crippen LogP contribution in [-0.4, -0.2) is 40.4 Å². The van der Waals surface area contributed by atoms with E-state index in [-0.39, 0.29) is 23.7 Å². The Morgan fingerprint density at radius 2 is 1.86 bits per heavy atom. The third-order valence-corrected chi connectivity index (χ3v) is 5.93. The van der Waals surface area contributed by atoms with Crippen LogP contribution in [0.25, 0.3) is 0 Å². The summed E-state index contributed by atoms with van der Waals surface area (Å²) in [5.74, 6) is -0.653. The Hall–Kier alpha value is -2.84. The van der Waals surface area contributed by atoms with E-state index < -0.39 is 17.7 Å². The fourth-order valence-electron chi connectivity index (χ4n) is 4.68. The van der Waals surface area contributed by atoms with Crippen molar-refractivity contribution in [1.82, 2.24) is 15.2 Å². The van der Waals surface area contributed by atoms with Crippen molar-refractivity contribution in [1.29, 1.82) is 0 Å². The molecule has 7 nitrogen and oxygen atoms in total. The summed E-state index contributed by atoms with van der Waals surface area (Å²) in [6.45, 7) is 3.09. The van der Waals surface area contributed by atoms with Gasteiger partial charge in [-0.25, -0.2) is 13.8 Å². The largest absolute Gasteiger partial charge is 0.408 e. The zero-order valence-electron chi connectivity index (χ0n) is 15.3. The maximum absolute atomic E-state index is 13.6. The number of piperidine rings is 2. The second kappa shape index (κ2) is 6.35. The van der Waals surface area contributed by atoms with Crippen LogP contribution in [-0.2, 0) is 4.79 Å². The molecule has 4 atom stereocenters. The van der Waals surface area contributed by atoms with Crippen molar-refractivity contribution in [3.8, 4) is 0 Å². The van der Waals surface area contributed by atoms with Gasteiger partial charge in [-0.05, 0) is 36.0 Å². The molecule has 0 N–H and O–H groups in total. The molecule has 1 aromatic heterocycles. The standard InChI is InChI=1S/C19H19F2N5O2/c1-10-23-24-19(28-10)25-8-12-4-13(9-25)17(12)18(27)26-16(2-3-22-26)11-5-14(20)7-15(21)6-11/h3,5-7,12-13,16-17H,2,4,8-9H2,1H3/t12-,13+,16-,17?/m0/s1. The molecule has 4 aliphatic rings. The average Bonchev–Trinajstić information content (AvgIpc) is 3.30. The number of aryl methyl sites for hydroxylation is 1. The minimum Gasteiger partial charge on any atom is -0.408 e. The molecule has 2 aromatic rings. The van der Waals surface area contributed by atoms with Crippen molar-refractivity contribution >= 4 is 18.1 Å². The maximum atomic E-state index is 13.6. The van der Waals surface area contributed by atoms with Crippen LogP contribution in [0, 0.1) is 36.3 Å². The number of nitrogens with zero attached hydrogens (tertiary/aromatic N) is 5. The van der Waals surface area contributed by atoms with Crippen LogP contribution in [0.5, 0.6) is 0 Å². The normalized spacial score (nSPS) is 28.5. The number of carbonyl (C=O) groups is 1. The number of fused-ring (bicyclic) bond motifs is 2. The monoisotopic (exact) mass is 387 g/mol. The third kappa shape index (κ3) is 2.76. The van der Waals surface area contributed by atoms with Crippen molar-refractivity contribution < 1.29 is 18.0 Å². The number of halogens is 2. The smallest absolute Gasteiger partial charge is 0.318 e. The van der Waals surface area contributed by atoms with E-state index in [0.717, 1.165) is 12.5 Å². The predicted molar refractivity (Wildman–Crippen MR) is 95.4 cm³/mol. The highest BCUT2D eigenvalue weighted by molar-refractivity contribution is 5.83. The molecular weight excluding hydrogens is 368 g/mol. The quantitative estimate of drug-likeness (QED) is 0.810. The molecule has 1 aromatic carbocycles. The molecule has 6 rings (SSSR count). The van der Waals surface area contributed by atoms with Gasteiger partial charge in [0.1, 0.15) is 11.6 Å². The molecule has 146 valence electrons. The first-order valence-electron chi connectivity index (χ1n) is 9.36. The Kier molecular flexibility index (Phi) is 3.92. The summed E-state index contributed by atoms with van der Waals surface area (Å²) in [7, 11) is 0. The van der Waals surface area contributed by atoms with Gasteiger partial charge in [-0.2, -0.15) is 5.10 Å². The molecule has 4 heterocycles. The molecule has 3 fully saturated rings. The zero-order valence-corrected chi connectivity index (χ0v) is 15.3. The first kappa shape index (κ1) is 17.3. The van der Waals surface area contributed by atoms with Gasteiger partial charge in [0.2, 0.25) is 11.8 Å². The molecule has 1 amide bonds. The van der Waals surface area contributed by atoms with Gasteiger partial charge in [0.05, 0.1) is 6.04 Å². The van der Waals surface area contributed by atoms with Crippen molar-refractivity contribution in [2.24, 2.45) is 22.9 Å². The molecule has 1 saturated carbocycles. The molecule has 2 bridgehead atoms. The van der Waals surface area contributed by atoms with E-state index in [9.17, 15) is 13.6 Å². The Labute approximate surface area is 160 Å². The van der Waals surface area contributed by atoms with Crippen LogP contribution in [0.2, 0.25) is 0 Å². The van der Waals surface area contributed by atoms with E-state index in [1.54, 1.807) is 13.1 Å². The van der Waals surface area contributed by atoms with E-state index in [2.05, 4.69) is 15.3 Å².